The van der Waals surface area contributed by atoms with E-state index >= 15 is 0 Å². The van der Waals surface area contributed by atoms with E-state index in [1.807, 2.05) is 0 Å². The fraction of sp³-hybridized carbons (Fsp3) is 0.320. The van der Waals surface area contributed by atoms with Crippen molar-refractivity contribution in [3.63, 3.8) is 0 Å². The molecule has 3 aliphatic carbocycles. The fourth-order valence-corrected chi connectivity index (χ4v) is 5.32. The van der Waals surface area contributed by atoms with Crippen molar-refractivity contribution in [3.8, 4) is 5.75 Å². The minimum Gasteiger partial charge on any atom is -0.484 e. The zero-order valence-electron chi connectivity index (χ0n) is 17.9. The summed E-state index contributed by atoms with van der Waals surface area (Å²) in [5.74, 6) is -0.585. The Balaban J connectivity index is 1.16. The molecule has 3 aromatic rings. The topological polar surface area (TPSA) is 85.6 Å². The number of halogens is 2. The molecule has 2 bridgehead atoms. The number of amides is 1. The van der Waals surface area contributed by atoms with Crippen molar-refractivity contribution < 1.29 is 23.1 Å². The van der Waals surface area contributed by atoms with E-state index in [1.165, 1.54) is 18.2 Å². The van der Waals surface area contributed by atoms with Gasteiger partial charge in [0.05, 0.1) is 5.39 Å². The van der Waals surface area contributed by atoms with Gasteiger partial charge in [0, 0.05) is 35.2 Å². The molecular weight excluding hydrogens is 449 g/mol. The second kappa shape index (κ2) is 7.70. The number of carbonyl (C=O) groups excluding carboxylic acids is 2. The monoisotopic (exact) mass is 469 g/mol. The van der Waals surface area contributed by atoms with Crippen LogP contribution in [0, 0.1) is 18.2 Å². The molecule has 1 amide bonds. The van der Waals surface area contributed by atoms with Gasteiger partial charge in [0.1, 0.15) is 17.1 Å². The van der Waals surface area contributed by atoms with Crippen LogP contribution in [0.5, 0.6) is 5.75 Å². The van der Waals surface area contributed by atoms with Crippen LogP contribution in [-0.4, -0.2) is 23.8 Å². The van der Waals surface area contributed by atoms with Crippen LogP contribution in [-0.2, 0) is 4.79 Å². The van der Waals surface area contributed by atoms with Crippen LogP contribution >= 0.6 is 11.6 Å². The Bertz CT molecular complexity index is 1340. The number of fused-ring (bicyclic) bond motifs is 1. The molecule has 2 aromatic carbocycles. The van der Waals surface area contributed by atoms with Gasteiger partial charge in [0.25, 0.3) is 5.91 Å². The summed E-state index contributed by atoms with van der Waals surface area (Å²) in [6.07, 6.45) is 2.29. The first-order valence-electron chi connectivity index (χ1n) is 10.6. The van der Waals surface area contributed by atoms with Crippen LogP contribution in [0.4, 0.5) is 4.39 Å². The summed E-state index contributed by atoms with van der Waals surface area (Å²) in [5, 5.41) is 3.77. The van der Waals surface area contributed by atoms with Crippen molar-refractivity contribution in [3.05, 3.63) is 74.9 Å². The molecule has 6 rings (SSSR count). The first kappa shape index (κ1) is 21.6. The van der Waals surface area contributed by atoms with Crippen molar-refractivity contribution in [2.24, 2.45) is 5.41 Å². The molecule has 0 atom stereocenters. The third-order valence-corrected chi connectivity index (χ3v) is 6.79. The van der Waals surface area contributed by atoms with Crippen molar-refractivity contribution in [1.29, 1.82) is 0 Å². The largest absolute Gasteiger partial charge is 0.484 e. The van der Waals surface area contributed by atoms with Crippen molar-refractivity contribution in [2.45, 2.75) is 38.1 Å². The number of rotatable bonds is 7. The third-order valence-electron chi connectivity index (χ3n) is 6.56. The Labute approximate surface area is 193 Å². The third kappa shape index (κ3) is 4.02. The fourth-order valence-electron chi connectivity index (χ4n) is 5.16. The summed E-state index contributed by atoms with van der Waals surface area (Å²) in [5.41, 5.74) is -0.00377. The molecule has 0 saturated heterocycles. The second-order valence-electron chi connectivity index (χ2n) is 9.27. The molecule has 0 aliphatic heterocycles. The van der Waals surface area contributed by atoms with Crippen LogP contribution in [0.15, 0.2) is 51.7 Å². The van der Waals surface area contributed by atoms with Gasteiger partial charge < -0.3 is 14.5 Å². The number of ketones is 1. The van der Waals surface area contributed by atoms with E-state index in [4.69, 9.17) is 20.8 Å². The molecule has 0 radical (unpaired) electrons. The van der Waals surface area contributed by atoms with Gasteiger partial charge >= 0.3 is 0 Å². The lowest BCUT2D eigenvalue weighted by molar-refractivity contribution is -0.164. The Kier molecular flexibility index (Phi) is 5.05. The van der Waals surface area contributed by atoms with Gasteiger partial charge in [-0.2, -0.15) is 0 Å². The number of benzene rings is 2. The maximum atomic E-state index is 13.6. The smallest absolute Gasteiger partial charge is 0.258 e. The zero-order valence-corrected chi connectivity index (χ0v) is 18.6. The lowest BCUT2D eigenvalue weighted by Gasteiger charge is -2.70. The molecule has 1 heterocycles. The molecule has 170 valence electrons. The highest BCUT2D eigenvalue weighted by atomic mass is 35.5. The summed E-state index contributed by atoms with van der Waals surface area (Å²) >= 11 is 5.97. The normalized spacial score (nSPS) is 22.9. The Hall–Kier alpha value is -3.19. The van der Waals surface area contributed by atoms with Crippen LogP contribution in [0.1, 0.15) is 41.8 Å². The lowest BCUT2D eigenvalue weighted by atomic mass is 9.38. The Morgan fingerprint density at radius 2 is 1.91 bits per heavy atom. The summed E-state index contributed by atoms with van der Waals surface area (Å²) in [4.78, 5) is 37.4. The molecule has 33 heavy (non-hydrogen) atoms. The van der Waals surface area contributed by atoms with Crippen molar-refractivity contribution in [2.75, 3.05) is 6.61 Å². The van der Waals surface area contributed by atoms with Gasteiger partial charge in [-0.05, 0) is 55.4 Å². The molecule has 6 nitrogen and oxygen atoms in total. The van der Waals surface area contributed by atoms with Gasteiger partial charge in [-0.25, -0.2) is 4.39 Å². The Morgan fingerprint density at radius 1 is 1.15 bits per heavy atom. The summed E-state index contributed by atoms with van der Waals surface area (Å²) in [6.45, 7) is 1.44. The van der Waals surface area contributed by atoms with Gasteiger partial charge in [0.15, 0.2) is 23.6 Å². The SMILES string of the molecule is Cc1ccc(OCC(=O)NC23CC(CC(=O)c4cc(=O)c5ccc(Cl)cc5o4)(C2)C3)cc1F. The average Bonchev–Trinajstić information content (AvgIpc) is 2.71. The average molecular weight is 470 g/mol. The van der Waals surface area contributed by atoms with Crippen LogP contribution in [0.3, 0.4) is 0 Å². The van der Waals surface area contributed by atoms with Crippen molar-refractivity contribution >= 4 is 34.3 Å². The summed E-state index contributed by atoms with van der Waals surface area (Å²) < 4.78 is 24.6. The van der Waals surface area contributed by atoms with Gasteiger partial charge in [-0.1, -0.05) is 17.7 Å². The minimum atomic E-state index is -0.385. The molecule has 0 unspecified atom stereocenters. The highest BCUT2D eigenvalue weighted by molar-refractivity contribution is 6.31. The minimum absolute atomic E-state index is 0.0244. The number of carbonyl (C=O) groups is 2. The number of aryl methyl sites for hydroxylation is 1. The summed E-state index contributed by atoms with van der Waals surface area (Å²) in [6, 6.07) is 10.4. The van der Waals surface area contributed by atoms with Gasteiger partial charge in [-0.15, -0.1) is 0 Å². The highest BCUT2D eigenvalue weighted by Gasteiger charge is 2.68. The van der Waals surface area contributed by atoms with E-state index in [-0.39, 0.29) is 58.3 Å². The molecule has 1 aromatic heterocycles. The standard InChI is InChI=1S/C25H21ClFNO5/c1-14-2-4-16(7-18(14)27)32-10-23(31)28-25-11-24(12-25,13-25)9-20(30)22-8-19(29)17-5-3-15(26)6-21(17)33-22/h2-8H,9-13H2,1H3,(H,28,31). The lowest BCUT2D eigenvalue weighted by Crippen LogP contribution is -2.75. The summed E-state index contributed by atoms with van der Waals surface area (Å²) in [7, 11) is 0. The first-order valence-corrected chi connectivity index (χ1v) is 11.0. The quantitative estimate of drug-likeness (QED) is 0.512. The van der Waals surface area contributed by atoms with E-state index in [0.717, 1.165) is 0 Å². The van der Waals surface area contributed by atoms with Crippen LogP contribution in [0.25, 0.3) is 11.0 Å². The molecule has 3 fully saturated rings. The molecule has 0 spiro atoms. The van der Waals surface area contributed by atoms with E-state index in [2.05, 4.69) is 5.32 Å². The molecule has 3 aliphatic rings. The van der Waals surface area contributed by atoms with E-state index in [0.29, 0.717) is 41.0 Å². The van der Waals surface area contributed by atoms with Gasteiger partial charge in [-0.3, -0.25) is 14.4 Å². The second-order valence-corrected chi connectivity index (χ2v) is 9.71. The zero-order chi connectivity index (χ0) is 23.4. The molecular formula is C25H21ClFNO5. The van der Waals surface area contributed by atoms with E-state index in [9.17, 15) is 18.8 Å². The van der Waals surface area contributed by atoms with Gasteiger partial charge in [0.2, 0.25) is 0 Å². The predicted octanol–water partition coefficient (Wildman–Crippen LogP) is 4.58. The van der Waals surface area contributed by atoms with E-state index in [1.54, 1.807) is 31.2 Å². The maximum absolute atomic E-state index is 13.6. The number of hydrogen-bond donors (Lipinski definition) is 1. The number of Topliss-reactive ketones (excluding diaryl/α,β-unsaturated/α-hetero) is 1. The Morgan fingerprint density at radius 3 is 2.64 bits per heavy atom. The number of nitrogens with one attached hydrogen (secondary N) is 1. The molecule has 1 N–H and O–H groups in total. The number of ether oxygens (including phenoxy) is 1. The van der Waals surface area contributed by atoms with Crippen LogP contribution < -0.4 is 15.5 Å². The molecule has 3 saturated carbocycles. The maximum Gasteiger partial charge on any atom is 0.258 e. The van der Waals surface area contributed by atoms with E-state index < -0.39 is 0 Å². The van der Waals surface area contributed by atoms with Crippen molar-refractivity contribution in [1.82, 2.24) is 5.32 Å². The highest BCUT2D eigenvalue weighted by Crippen LogP contribution is 2.69. The first-order chi connectivity index (χ1) is 15.7. The predicted molar refractivity (Wildman–Crippen MR) is 120 cm³/mol. The molecule has 8 heteroatoms. The number of hydrogen-bond acceptors (Lipinski definition) is 5. The van der Waals surface area contributed by atoms with Crippen LogP contribution in [0.2, 0.25) is 5.02 Å².